The number of nitriles is 1. The molecule has 0 aliphatic carbocycles. The van der Waals surface area contributed by atoms with Crippen LogP contribution in [0.4, 0.5) is 0 Å². The van der Waals surface area contributed by atoms with Crippen molar-refractivity contribution in [1.29, 1.82) is 5.26 Å². The largest absolute Gasteiger partial charge is 0.295 e. The molecule has 0 bridgehead atoms. The molecule has 5 heteroatoms. The van der Waals surface area contributed by atoms with Crippen molar-refractivity contribution in [1.82, 2.24) is 0 Å². The van der Waals surface area contributed by atoms with Gasteiger partial charge in [0.05, 0.1) is 12.5 Å². The third kappa shape index (κ3) is 3.20. The second-order valence-electron chi connectivity index (χ2n) is 2.78. The molecular formula is C10H9NO3S. The molecule has 0 radical (unpaired) electrons. The first-order valence-corrected chi connectivity index (χ1v) is 5.59. The predicted octanol–water partition coefficient (Wildman–Crippen LogP) is 1.86. The highest BCUT2D eigenvalue weighted by molar-refractivity contribution is 7.85. The van der Waals surface area contributed by atoms with Gasteiger partial charge in [-0.2, -0.15) is 13.7 Å². The summed E-state index contributed by atoms with van der Waals surface area (Å²) in [5, 5.41) is 8.30. The van der Waals surface area contributed by atoms with E-state index in [1.54, 1.807) is 12.1 Å². The molecule has 0 saturated heterocycles. The molecular weight excluding hydrogens is 214 g/mol. The third-order valence-corrected chi connectivity index (χ3v) is 2.63. The van der Waals surface area contributed by atoms with E-state index in [1.807, 2.05) is 6.07 Å². The summed E-state index contributed by atoms with van der Waals surface area (Å²) >= 11 is 0. The van der Waals surface area contributed by atoms with Crippen LogP contribution in [0.15, 0.2) is 35.2 Å². The lowest BCUT2D eigenvalue weighted by Gasteiger charge is -2.00. The van der Waals surface area contributed by atoms with Crippen LogP contribution in [0.1, 0.15) is 12.0 Å². The molecule has 0 unspecified atom stereocenters. The van der Waals surface area contributed by atoms with E-state index < -0.39 is 10.1 Å². The van der Waals surface area contributed by atoms with Crippen LogP contribution in [-0.2, 0) is 10.1 Å². The molecule has 0 amide bonds. The van der Waals surface area contributed by atoms with Crippen LogP contribution >= 0.6 is 0 Å². The lowest BCUT2D eigenvalue weighted by atomic mass is 10.2. The highest BCUT2D eigenvalue weighted by atomic mass is 32.2. The summed E-state index contributed by atoms with van der Waals surface area (Å²) in [6, 6.07) is 7.93. The Kier molecular flexibility index (Phi) is 3.61. The molecule has 0 aliphatic rings. The van der Waals surface area contributed by atoms with Gasteiger partial charge in [0.1, 0.15) is 4.90 Å². The summed E-state index contributed by atoms with van der Waals surface area (Å²) in [5.41, 5.74) is 0.371. The van der Waals surface area contributed by atoms with Gasteiger partial charge in [-0.1, -0.05) is 30.4 Å². The molecule has 0 spiro atoms. The third-order valence-electron chi connectivity index (χ3n) is 1.70. The molecule has 15 heavy (non-hydrogen) atoms. The first-order valence-electron chi connectivity index (χ1n) is 4.15. The predicted molar refractivity (Wildman–Crippen MR) is 55.5 cm³/mol. The number of nitrogens with zero attached hydrogens (tertiary/aromatic N) is 1. The van der Waals surface area contributed by atoms with Gasteiger partial charge in [-0.15, -0.1) is 0 Å². The van der Waals surface area contributed by atoms with E-state index >= 15 is 0 Å². The summed E-state index contributed by atoms with van der Waals surface area (Å²) in [5.74, 6) is 0. The van der Waals surface area contributed by atoms with Gasteiger partial charge in [0.25, 0.3) is 10.1 Å². The van der Waals surface area contributed by atoms with Gasteiger partial charge in [0.2, 0.25) is 0 Å². The Morgan fingerprint density at radius 3 is 2.67 bits per heavy atom. The Balaban J connectivity index is 3.15. The summed E-state index contributed by atoms with van der Waals surface area (Å²) in [7, 11) is -4.20. The van der Waals surface area contributed by atoms with Crippen molar-refractivity contribution in [3.8, 4) is 6.07 Å². The molecule has 0 atom stereocenters. The zero-order chi connectivity index (χ0) is 11.3. The van der Waals surface area contributed by atoms with E-state index in [1.165, 1.54) is 24.3 Å². The maximum absolute atomic E-state index is 10.9. The first-order chi connectivity index (χ1) is 7.05. The smallest absolute Gasteiger partial charge is 0.282 e. The van der Waals surface area contributed by atoms with E-state index in [-0.39, 0.29) is 11.3 Å². The highest BCUT2D eigenvalue weighted by Gasteiger charge is 2.12. The molecule has 1 aromatic rings. The maximum atomic E-state index is 10.9. The fourth-order valence-electron chi connectivity index (χ4n) is 1.09. The number of rotatable bonds is 3. The molecule has 0 fully saturated rings. The van der Waals surface area contributed by atoms with Gasteiger partial charge < -0.3 is 0 Å². The first kappa shape index (κ1) is 11.4. The summed E-state index contributed by atoms with van der Waals surface area (Å²) in [4.78, 5) is -0.154. The quantitative estimate of drug-likeness (QED) is 0.793. The number of hydrogen-bond donors (Lipinski definition) is 1. The van der Waals surface area contributed by atoms with Gasteiger partial charge in [-0.3, -0.25) is 4.55 Å². The molecule has 0 aliphatic heterocycles. The van der Waals surface area contributed by atoms with E-state index in [0.717, 1.165) is 0 Å². The topological polar surface area (TPSA) is 78.2 Å². The van der Waals surface area contributed by atoms with Crippen molar-refractivity contribution < 1.29 is 13.0 Å². The Morgan fingerprint density at radius 1 is 1.40 bits per heavy atom. The van der Waals surface area contributed by atoms with Gasteiger partial charge >= 0.3 is 0 Å². The van der Waals surface area contributed by atoms with Crippen LogP contribution in [0.3, 0.4) is 0 Å². The average Bonchev–Trinajstić information content (AvgIpc) is 2.17. The summed E-state index contributed by atoms with van der Waals surface area (Å²) < 4.78 is 30.8. The second kappa shape index (κ2) is 4.73. The Morgan fingerprint density at radius 2 is 2.07 bits per heavy atom. The fourth-order valence-corrected chi connectivity index (χ4v) is 1.78. The lowest BCUT2D eigenvalue weighted by Crippen LogP contribution is -2.00. The number of allylic oxidation sites excluding steroid dienone is 1. The van der Waals surface area contributed by atoms with Crippen LogP contribution in [0.5, 0.6) is 0 Å². The van der Waals surface area contributed by atoms with Crippen molar-refractivity contribution in [3.63, 3.8) is 0 Å². The molecule has 4 nitrogen and oxygen atoms in total. The van der Waals surface area contributed by atoms with Crippen molar-refractivity contribution in [3.05, 3.63) is 35.9 Å². The minimum absolute atomic E-state index is 0.154. The fraction of sp³-hybridized carbons (Fsp3) is 0.100. The highest BCUT2D eigenvalue weighted by Crippen LogP contribution is 2.16. The molecule has 0 aromatic heterocycles. The normalized spacial score (nSPS) is 11.5. The van der Waals surface area contributed by atoms with Crippen molar-refractivity contribution >= 4 is 16.2 Å². The SMILES string of the molecule is N#CCC=Cc1ccccc1S(=O)(=O)O. The number of hydrogen-bond acceptors (Lipinski definition) is 3. The Bertz CT molecular complexity index is 512. The van der Waals surface area contributed by atoms with Crippen LogP contribution < -0.4 is 0 Å². The minimum atomic E-state index is -4.20. The molecule has 0 heterocycles. The van der Waals surface area contributed by atoms with Gasteiger partial charge in [-0.25, -0.2) is 0 Å². The molecule has 1 N–H and O–H groups in total. The molecule has 1 rings (SSSR count). The molecule has 78 valence electrons. The molecule has 0 saturated carbocycles. The lowest BCUT2D eigenvalue weighted by molar-refractivity contribution is 0.483. The van der Waals surface area contributed by atoms with E-state index in [2.05, 4.69) is 0 Å². The minimum Gasteiger partial charge on any atom is -0.282 e. The van der Waals surface area contributed by atoms with Crippen molar-refractivity contribution in [2.24, 2.45) is 0 Å². The van der Waals surface area contributed by atoms with E-state index in [0.29, 0.717) is 5.56 Å². The zero-order valence-corrected chi connectivity index (χ0v) is 8.61. The summed E-state index contributed by atoms with van der Waals surface area (Å²) in [6.07, 6.45) is 3.22. The van der Waals surface area contributed by atoms with Crippen LogP contribution in [0.2, 0.25) is 0 Å². The average molecular weight is 223 g/mol. The van der Waals surface area contributed by atoms with Crippen molar-refractivity contribution in [2.75, 3.05) is 0 Å². The van der Waals surface area contributed by atoms with Gasteiger partial charge in [-0.05, 0) is 11.6 Å². The standard InChI is InChI=1S/C10H9NO3S/c11-8-4-3-6-9-5-1-2-7-10(9)15(12,13)14/h1-3,5-7H,4H2,(H,12,13,14). The Labute approximate surface area is 88.2 Å². The number of benzene rings is 1. The van der Waals surface area contributed by atoms with Crippen molar-refractivity contribution in [2.45, 2.75) is 11.3 Å². The van der Waals surface area contributed by atoms with E-state index in [9.17, 15) is 8.42 Å². The summed E-state index contributed by atoms with van der Waals surface area (Å²) in [6.45, 7) is 0. The Hall–Kier alpha value is -1.64. The van der Waals surface area contributed by atoms with Crippen LogP contribution in [-0.4, -0.2) is 13.0 Å². The van der Waals surface area contributed by atoms with E-state index in [4.69, 9.17) is 9.81 Å². The van der Waals surface area contributed by atoms with Crippen LogP contribution in [0.25, 0.3) is 6.08 Å². The van der Waals surface area contributed by atoms with Crippen LogP contribution in [0, 0.1) is 11.3 Å². The zero-order valence-electron chi connectivity index (χ0n) is 7.79. The monoisotopic (exact) mass is 223 g/mol. The molecule has 1 aromatic carbocycles. The second-order valence-corrected chi connectivity index (χ2v) is 4.17. The maximum Gasteiger partial charge on any atom is 0.295 e. The van der Waals surface area contributed by atoms with Gasteiger partial charge in [0.15, 0.2) is 0 Å². The van der Waals surface area contributed by atoms with Gasteiger partial charge in [0, 0.05) is 0 Å².